The van der Waals surface area contributed by atoms with E-state index in [2.05, 4.69) is 26.2 Å². The molecule has 2 aromatic rings. The number of aliphatic imine (C=N–C) groups is 1. The van der Waals surface area contributed by atoms with Crippen molar-refractivity contribution in [1.82, 2.24) is 5.32 Å². The first-order chi connectivity index (χ1) is 12.0. The van der Waals surface area contributed by atoms with Gasteiger partial charge < -0.3 is 10.1 Å². The molecule has 7 heteroatoms. The average molecular weight is 421 g/mol. The summed E-state index contributed by atoms with van der Waals surface area (Å²) in [4.78, 5) is 17.0. The van der Waals surface area contributed by atoms with Crippen LogP contribution in [0.15, 0.2) is 56.8 Å². The zero-order valence-electron chi connectivity index (χ0n) is 13.3. The maximum absolute atomic E-state index is 13.0. The fraction of sp³-hybridized carbons (Fsp3) is 0.111. The normalized spacial score (nSPS) is 17.2. The van der Waals surface area contributed by atoms with Crippen molar-refractivity contribution >= 4 is 50.5 Å². The quantitative estimate of drug-likeness (QED) is 0.717. The number of amides is 1. The lowest BCUT2D eigenvalue weighted by molar-refractivity contribution is -0.115. The second-order valence-electron chi connectivity index (χ2n) is 5.07. The van der Waals surface area contributed by atoms with E-state index >= 15 is 0 Å². The number of carbonyl (C=O) groups is 1. The predicted molar refractivity (Wildman–Crippen MR) is 103 cm³/mol. The maximum atomic E-state index is 13.0. The Bertz CT molecular complexity index is 866. The number of amidine groups is 1. The Morgan fingerprint density at radius 3 is 2.76 bits per heavy atom. The molecule has 0 radical (unpaired) electrons. The first-order valence-electron chi connectivity index (χ1n) is 7.52. The summed E-state index contributed by atoms with van der Waals surface area (Å²) in [6.07, 6.45) is 1.77. The topological polar surface area (TPSA) is 50.7 Å². The lowest BCUT2D eigenvalue weighted by Gasteiger charge is -2.07. The molecule has 0 bridgehead atoms. The Hall–Kier alpha value is -2.12. The minimum absolute atomic E-state index is 0.228. The average Bonchev–Trinajstić information content (AvgIpc) is 2.92. The molecule has 25 heavy (non-hydrogen) atoms. The summed E-state index contributed by atoms with van der Waals surface area (Å²) in [5.74, 6) is 0.148. The van der Waals surface area contributed by atoms with Crippen molar-refractivity contribution in [3.63, 3.8) is 0 Å². The molecule has 3 rings (SSSR count). The number of carbonyl (C=O) groups excluding carboxylic acids is 1. The number of halogens is 2. The molecule has 1 amide bonds. The van der Waals surface area contributed by atoms with E-state index in [9.17, 15) is 9.18 Å². The molecule has 2 aromatic carbocycles. The lowest BCUT2D eigenvalue weighted by Crippen LogP contribution is -2.19. The van der Waals surface area contributed by atoms with Crippen LogP contribution in [0.4, 0.5) is 10.1 Å². The summed E-state index contributed by atoms with van der Waals surface area (Å²) in [7, 11) is 0. The molecular formula is C18H14BrFN2O2S. The molecule has 128 valence electrons. The van der Waals surface area contributed by atoms with Crippen molar-refractivity contribution in [2.75, 3.05) is 6.61 Å². The molecule has 0 unspecified atom stereocenters. The van der Waals surface area contributed by atoms with Gasteiger partial charge >= 0.3 is 0 Å². The zero-order valence-corrected chi connectivity index (χ0v) is 15.7. The van der Waals surface area contributed by atoms with E-state index in [0.29, 0.717) is 28.1 Å². The smallest absolute Gasteiger partial charge is 0.264 e. The van der Waals surface area contributed by atoms with Gasteiger partial charge in [-0.2, -0.15) is 0 Å². The van der Waals surface area contributed by atoms with Crippen LogP contribution < -0.4 is 10.1 Å². The van der Waals surface area contributed by atoms with E-state index < -0.39 is 0 Å². The van der Waals surface area contributed by atoms with Gasteiger partial charge in [-0.1, -0.05) is 15.9 Å². The molecule has 0 saturated carbocycles. The van der Waals surface area contributed by atoms with Crippen molar-refractivity contribution in [3.8, 4) is 5.75 Å². The molecule has 1 N–H and O–H groups in total. The monoisotopic (exact) mass is 420 g/mol. The summed E-state index contributed by atoms with van der Waals surface area (Å²) in [6, 6.07) is 11.4. The number of hydrogen-bond acceptors (Lipinski definition) is 4. The van der Waals surface area contributed by atoms with Crippen molar-refractivity contribution < 1.29 is 13.9 Å². The van der Waals surface area contributed by atoms with Crippen LogP contribution in [0.25, 0.3) is 6.08 Å². The number of hydrogen-bond donors (Lipinski definition) is 1. The van der Waals surface area contributed by atoms with Gasteiger partial charge in [-0.25, -0.2) is 9.38 Å². The van der Waals surface area contributed by atoms with Crippen LogP contribution in [-0.4, -0.2) is 17.7 Å². The third-order valence-corrected chi connectivity index (χ3v) is 4.67. The maximum Gasteiger partial charge on any atom is 0.264 e. The van der Waals surface area contributed by atoms with Crippen LogP contribution >= 0.6 is 27.7 Å². The second kappa shape index (κ2) is 7.84. The lowest BCUT2D eigenvalue weighted by atomic mass is 10.2. The van der Waals surface area contributed by atoms with Crippen LogP contribution in [0, 0.1) is 5.82 Å². The molecule has 4 nitrogen and oxygen atoms in total. The van der Waals surface area contributed by atoms with Gasteiger partial charge in [0, 0.05) is 10.0 Å². The fourth-order valence-corrected chi connectivity index (χ4v) is 3.39. The summed E-state index contributed by atoms with van der Waals surface area (Å²) in [5, 5.41) is 3.17. The SMILES string of the molecule is CCOc1ccc(Br)cc1/C=C1/SC(=Nc2ccc(F)cc2)NC1=O. The van der Waals surface area contributed by atoms with Gasteiger partial charge in [0.1, 0.15) is 11.6 Å². The summed E-state index contributed by atoms with van der Waals surface area (Å²) >= 11 is 4.66. The summed E-state index contributed by atoms with van der Waals surface area (Å²) in [5.41, 5.74) is 1.37. The zero-order chi connectivity index (χ0) is 17.8. The number of nitrogens with one attached hydrogen (secondary N) is 1. The highest BCUT2D eigenvalue weighted by Crippen LogP contribution is 2.32. The van der Waals surface area contributed by atoms with Crippen molar-refractivity contribution in [1.29, 1.82) is 0 Å². The molecule has 1 aliphatic heterocycles. The molecule has 0 atom stereocenters. The van der Waals surface area contributed by atoms with Crippen LogP contribution in [0.3, 0.4) is 0 Å². The molecule has 0 aliphatic carbocycles. The number of thioether (sulfide) groups is 1. The Morgan fingerprint density at radius 1 is 1.28 bits per heavy atom. The van der Waals surface area contributed by atoms with Gasteiger partial charge in [0.15, 0.2) is 5.17 Å². The largest absolute Gasteiger partial charge is 0.493 e. The third kappa shape index (κ3) is 4.49. The Kier molecular flexibility index (Phi) is 5.55. The minimum atomic E-state index is -0.328. The van der Waals surface area contributed by atoms with Gasteiger partial charge in [0.25, 0.3) is 5.91 Å². The number of rotatable bonds is 4. The predicted octanol–water partition coefficient (Wildman–Crippen LogP) is 4.88. The molecule has 1 aliphatic rings. The molecule has 0 spiro atoms. The highest BCUT2D eigenvalue weighted by Gasteiger charge is 2.24. The van der Waals surface area contributed by atoms with E-state index in [1.54, 1.807) is 18.2 Å². The van der Waals surface area contributed by atoms with Gasteiger partial charge in [-0.15, -0.1) is 0 Å². The van der Waals surface area contributed by atoms with E-state index in [1.165, 1.54) is 23.9 Å². The van der Waals surface area contributed by atoms with Crippen molar-refractivity contribution in [2.45, 2.75) is 6.92 Å². The van der Waals surface area contributed by atoms with Gasteiger partial charge in [0.05, 0.1) is 17.2 Å². The third-order valence-electron chi connectivity index (χ3n) is 3.27. The van der Waals surface area contributed by atoms with Crippen LogP contribution in [-0.2, 0) is 4.79 Å². The first kappa shape index (κ1) is 17.7. The molecule has 0 aromatic heterocycles. The van der Waals surface area contributed by atoms with E-state index in [1.807, 2.05) is 25.1 Å². The van der Waals surface area contributed by atoms with Gasteiger partial charge in [0.2, 0.25) is 0 Å². The van der Waals surface area contributed by atoms with Crippen molar-refractivity contribution in [2.24, 2.45) is 4.99 Å². The Labute approximate surface area is 157 Å². The number of ether oxygens (including phenoxy) is 1. The minimum Gasteiger partial charge on any atom is -0.493 e. The number of benzene rings is 2. The van der Waals surface area contributed by atoms with Crippen molar-refractivity contribution in [3.05, 3.63) is 63.2 Å². The highest BCUT2D eigenvalue weighted by molar-refractivity contribution is 9.10. The Morgan fingerprint density at radius 2 is 2.04 bits per heavy atom. The summed E-state index contributed by atoms with van der Waals surface area (Å²) in [6.45, 7) is 2.44. The number of nitrogens with zero attached hydrogens (tertiary/aromatic N) is 1. The molecule has 1 saturated heterocycles. The first-order valence-corrected chi connectivity index (χ1v) is 9.13. The summed E-state index contributed by atoms with van der Waals surface area (Å²) < 4.78 is 19.4. The van der Waals surface area contributed by atoms with Crippen LogP contribution in [0.2, 0.25) is 0 Å². The standard InChI is InChI=1S/C18H14BrFN2O2S/c1-2-24-15-8-3-12(19)9-11(15)10-16-17(23)22-18(25-16)21-14-6-4-13(20)5-7-14/h3-10H,2H2,1H3,(H,21,22,23)/b16-10+. The van der Waals surface area contributed by atoms with E-state index in [0.717, 1.165) is 10.0 Å². The fourth-order valence-electron chi connectivity index (χ4n) is 2.17. The van der Waals surface area contributed by atoms with Gasteiger partial charge in [-0.3, -0.25) is 4.79 Å². The molecule has 1 heterocycles. The van der Waals surface area contributed by atoms with Crippen LogP contribution in [0.5, 0.6) is 5.75 Å². The van der Waals surface area contributed by atoms with Crippen LogP contribution in [0.1, 0.15) is 12.5 Å². The van der Waals surface area contributed by atoms with Gasteiger partial charge in [-0.05, 0) is 67.2 Å². The highest BCUT2D eigenvalue weighted by atomic mass is 79.9. The second-order valence-corrected chi connectivity index (χ2v) is 7.02. The van der Waals surface area contributed by atoms with E-state index in [-0.39, 0.29) is 11.7 Å². The Balaban J connectivity index is 1.86. The molecule has 1 fully saturated rings. The van der Waals surface area contributed by atoms with E-state index in [4.69, 9.17) is 4.74 Å². The molecular weight excluding hydrogens is 407 g/mol.